The van der Waals surface area contributed by atoms with Crippen molar-refractivity contribution in [3.8, 4) is 6.07 Å². The van der Waals surface area contributed by atoms with Crippen molar-refractivity contribution < 1.29 is 27.6 Å². The molecule has 24 heavy (non-hydrogen) atoms. The Labute approximate surface area is 133 Å². The predicted molar refractivity (Wildman–Crippen MR) is 76.5 cm³/mol. The minimum atomic E-state index is -4.50. The SMILES string of the molecule is Cc1cnoc1/C(O)=C(\C#N)C(=O)Nc1ccc(C(F)(F)F)cc1. The fourth-order valence-corrected chi connectivity index (χ4v) is 1.78. The largest absolute Gasteiger partial charge is 0.503 e. The number of aliphatic hydroxyl groups excluding tert-OH is 1. The van der Waals surface area contributed by atoms with Crippen molar-refractivity contribution in [1.29, 1.82) is 5.26 Å². The van der Waals surface area contributed by atoms with Crippen LogP contribution in [0, 0.1) is 18.3 Å². The normalized spacial score (nSPS) is 12.3. The van der Waals surface area contributed by atoms with Gasteiger partial charge in [-0.2, -0.15) is 18.4 Å². The van der Waals surface area contributed by atoms with Crippen LogP contribution in [-0.4, -0.2) is 16.2 Å². The van der Waals surface area contributed by atoms with Gasteiger partial charge in [0.05, 0.1) is 11.8 Å². The van der Waals surface area contributed by atoms with E-state index in [1.807, 2.05) is 0 Å². The maximum atomic E-state index is 12.5. The van der Waals surface area contributed by atoms with E-state index in [1.165, 1.54) is 12.3 Å². The summed E-state index contributed by atoms with van der Waals surface area (Å²) in [5.41, 5.74) is -1.10. The molecular weight excluding hydrogens is 327 g/mol. The molecule has 1 heterocycles. The number of benzene rings is 1. The predicted octanol–water partition coefficient (Wildman–Crippen LogP) is 3.43. The Morgan fingerprint density at radius 3 is 2.42 bits per heavy atom. The van der Waals surface area contributed by atoms with Crippen molar-refractivity contribution in [2.24, 2.45) is 0 Å². The summed E-state index contributed by atoms with van der Waals surface area (Å²) in [7, 11) is 0. The number of rotatable bonds is 3. The van der Waals surface area contributed by atoms with Crippen LogP contribution < -0.4 is 5.32 Å². The quantitative estimate of drug-likeness (QED) is 0.508. The number of hydrogen-bond donors (Lipinski definition) is 2. The van der Waals surface area contributed by atoms with Crippen molar-refractivity contribution >= 4 is 17.4 Å². The molecule has 0 aliphatic rings. The van der Waals surface area contributed by atoms with Crippen LogP contribution in [0.4, 0.5) is 18.9 Å². The number of carbonyl (C=O) groups is 1. The first-order valence-electron chi connectivity index (χ1n) is 6.47. The average Bonchev–Trinajstić information content (AvgIpc) is 2.93. The first-order chi connectivity index (χ1) is 11.2. The summed E-state index contributed by atoms with van der Waals surface area (Å²) in [4.78, 5) is 12.0. The molecule has 0 saturated carbocycles. The Morgan fingerprint density at radius 2 is 1.96 bits per heavy atom. The van der Waals surface area contributed by atoms with E-state index in [0.717, 1.165) is 24.3 Å². The Hall–Kier alpha value is -3.28. The number of aliphatic hydroxyl groups is 1. The Morgan fingerprint density at radius 1 is 1.33 bits per heavy atom. The summed E-state index contributed by atoms with van der Waals surface area (Å²) < 4.78 is 42.2. The van der Waals surface area contributed by atoms with Crippen LogP contribution in [0.15, 0.2) is 40.6 Å². The molecule has 1 amide bonds. The zero-order valence-corrected chi connectivity index (χ0v) is 12.2. The number of alkyl halides is 3. The zero-order valence-electron chi connectivity index (χ0n) is 12.2. The lowest BCUT2D eigenvalue weighted by atomic mass is 10.1. The first kappa shape index (κ1) is 17.1. The van der Waals surface area contributed by atoms with E-state index >= 15 is 0 Å². The molecule has 0 saturated heterocycles. The van der Waals surface area contributed by atoms with Gasteiger partial charge < -0.3 is 14.9 Å². The van der Waals surface area contributed by atoms with E-state index in [4.69, 9.17) is 9.78 Å². The van der Waals surface area contributed by atoms with Gasteiger partial charge in [-0.1, -0.05) is 5.16 Å². The third-order valence-electron chi connectivity index (χ3n) is 3.01. The molecule has 2 aromatic rings. The standard InChI is InChI=1S/C15H10F3N3O3/c1-8-7-20-24-13(8)12(22)11(6-19)14(23)21-10-4-2-9(3-5-10)15(16,17)18/h2-5,7,22H,1H3,(H,21,23)/b12-11-. The summed E-state index contributed by atoms with van der Waals surface area (Å²) >= 11 is 0. The van der Waals surface area contributed by atoms with Crippen molar-refractivity contribution in [1.82, 2.24) is 5.16 Å². The topological polar surface area (TPSA) is 99.2 Å². The molecule has 6 nitrogen and oxygen atoms in total. The molecule has 0 bridgehead atoms. The van der Waals surface area contributed by atoms with Gasteiger partial charge in [0.1, 0.15) is 6.07 Å². The number of nitriles is 1. The zero-order chi connectivity index (χ0) is 17.9. The number of hydrogen-bond acceptors (Lipinski definition) is 5. The number of aryl methyl sites for hydroxylation is 1. The van der Waals surface area contributed by atoms with E-state index in [2.05, 4.69) is 10.5 Å². The third-order valence-corrected chi connectivity index (χ3v) is 3.01. The third kappa shape index (κ3) is 3.55. The molecule has 9 heteroatoms. The average molecular weight is 337 g/mol. The van der Waals surface area contributed by atoms with E-state index in [1.54, 1.807) is 6.92 Å². The molecule has 2 rings (SSSR count). The summed E-state index contributed by atoms with van der Waals surface area (Å²) in [5.74, 6) is -1.85. The second kappa shape index (κ2) is 6.45. The van der Waals surface area contributed by atoms with Gasteiger partial charge in [0.25, 0.3) is 5.91 Å². The van der Waals surface area contributed by atoms with E-state index in [9.17, 15) is 23.1 Å². The molecule has 0 aliphatic carbocycles. The summed E-state index contributed by atoms with van der Waals surface area (Å²) in [6.45, 7) is 1.55. The molecule has 0 atom stereocenters. The fourth-order valence-electron chi connectivity index (χ4n) is 1.78. The van der Waals surface area contributed by atoms with Crippen molar-refractivity contribution in [3.05, 3.63) is 52.9 Å². The lowest BCUT2D eigenvalue weighted by molar-refractivity contribution is -0.137. The number of anilines is 1. The van der Waals surface area contributed by atoms with Crippen LogP contribution in [-0.2, 0) is 11.0 Å². The van der Waals surface area contributed by atoms with E-state index in [0.29, 0.717) is 5.56 Å². The van der Waals surface area contributed by atoms with Gasteiger partial charge in [0, 0.05) is 11.3 Å². The molecular formula is C15H10F3N3O3. The van der Waals surface area contributed by atoms with Crippen LogP contribution in [0.25, 0.3) is 5.76 Å². The minimum absolute atomic E-state index is 0.0304. The van der Waals surface area contributed by atoms with Crippen molar-refractivity contribution in [3.63, 3.8) is 0 Å². The minimum Gasteiger partial charge on any atom is -0.503 e. The van der Waals surface area contributed by atoms with Crippen LogP contribution in [0.3, 0.4) is 0 Å². The highest BCUT2D eigenvalue weighted by Gasteiger charge is 2.30. The highest BCUT2D eigenvalue weighted by molar-refractivity contribution is 6.10. The molecule has 1 aromatic carbocycles. The van der Waals surface area contributed by atoms with Crippen molar-refractivity contribution in [2.45, 2.75) is 13.1 Å². The number of nitrogens with one attached hydrogen (secondary N) is 1. The number of carbonyl (C=O) groups excluding carboxylic acids is 1. The fraction of sp³-hybridized carbons (Fsp3) is 0.133. The van der Waals surface area contributed by atoms with Crippen LogP contribution in [0.5, 0.6) is 0 Å². The molecule has 1 aromatic heterocycles. The van der Waals surface area contributed by atoms with Gasteiger partial charge in [-0.3, -0.25) is 4.79 Å². The maximum Gasteiger partial charge on any atom is 0.416 e. The summed E-state index contributed by atoms with van der Waals surface area (Å²) in [6, 6.07) is 5.16. The van der Waals surface area contributed by atoms with Crippen LogP contribution in [0.1, 0.15) is 16.9 Å². The summed E-state index contributed by atoms with van der Waals surface area (Å²) in [5, 5.41) is 24.7. The van der Waals surface area contributed by atoms with E-state index in [-0.39, 0.29) is 11.4 Å². The molecule has 0 spiro atoms. The molecule has 0 unspecified atom stereocenters. The van der Waals surface area contributed by atoms with Crippen LogP contribution >= 0.6 is 0 Å². The lowest BCUT2D eigenvalue weighted by Gasteiger charge is -2.09. The number of amides is 1. The monoisotopic (exact) mass is 337 g/mol. The van der Waals surface area contributed by atoms with Gasteiger partial charge in [0.2, 0.25) is 5.76 Å². The Kier molecular flexibility index (Phi) is 4.59. The number of halogens is 3. The second-order valence-electron chi connectivity index (χ2n) is 4.70. The highest BCUT2D eigenvalue weighted by atomic mass is 19.4. The Bertz CT molecular complexity index is 830. The van der Waals surface area contributed by atoms with E-state index < -0.39 is 29.0 Å². The first-order valence-corrected chi connectivity index (χ1v) is 6.47. The second-order valence-corrected chi connectivity index (χ2v) is 4.70. The Balaban J connectivity index is 2.25. The molecule has 2 N–H and O–H groups in total. The van der Waals surface area contributed by atoms with Crippen molar-refractivity contribution in [2.75, 3.05) is 5.32 Å². The van der Waals surface area contributed by atoms with Crippen LogP contribution in [0.2, 0.25) is 0 Å². The molecule has 0 fully saturated rings. The smallest absolute Gasteiger partial charge is 0.416 e. The van der Waals surface area contributed by atoms with Gasteiger partial charge in [0.15, 0.2) is 11.3 Å². The number of nitrogens with zero attached hydrogens (tertiary/aromatic N) is 2. The molecule has 0 radical (unpaired) electrons. The van der Waals surface area contributed by atoms with Gasteiger partial charge in [-0.15, -0.1) is 0 Å². The number of aromatic nitrogens is 1. The highest BCUT2D eigenvalue weighted by Crippen LogP contribution is 2.30. The molecule has 0 aliphatic heterocycles. The lowest BCUT2D eigenvalue weighted by Crippen LogP contribution is -2.15. The van der Waals surface area contributed by atoms with Gasteiger partial charge in [-0.25, -0.2) is 0 Å². The molecule has 124 valence electrons. The van der Waals surface area contributed by atoms with Gasteiger partial charge >= 0.3 is 6.18 Å². The summed E-state index contributed by atoms with van der Waals surface area (Å²) in [6.07, 6.45) is -3.21. The van der Waals surface area contributed by atoms with Gasteiger partial charge in [-0.05, 0) is 31.2 Å². The maximum absolute atomic E-state index is 12.5.